The second kappa shape index (κ2) is 6.48. The average molecular weight is 234 g/mol. The highest BCUT2D eigenvalue weighted by Crippen LogP contribution is 2.13. The van der Waals surface area contributed by atoms with E-state index < -0.39 is 5.97 Å². The maximum atomic E-state index is 11.7. The van der Waals surface area contributed by atoms with Crippen LogP contribution in [0.25, 0.3) is 0 Å². The number of methoxy groups -OCH3 is 1. The molecule has 17 heavy (non-hydrogen) atoms. The molecule has 0 unspecified atom stereocenters. The van der Waals surface area contributed by atoms with Crippen LogP contribution in [0.1, 0.15) is 17.3 Å². The van der Waals surface area contributed by atoms with Crippen LogP contribution in [0.15, 0.2) is 36.4 Å². The van der Waals surface area contributed by atoms with Gasteiger partial charge < -0.3 is 9.47 Å². The van der Waals surface area contributed by atoms with Gasteiger partial charge in [0.15, 0.2) is 5.78 Å². The maximum absolute atomic E-state index is 11.7. The molecule has 1 aromatic rings. The topological polar surface area (TPSA) is 52.6 Å². The van der Waals surface area contributed by atoms with Gasteiger partial charge in [-0.1, -0.05) is 12.1 Å². The molecule has 0 aliphatic heterocycles. The van der Waals surface area contributed by atoms with Gasteiger partial charge in [0, 0.05) is 11.6 Å². The van der Waals surface area contributed by atoms with Crippen LogP contribution in [0.3, 0.4) is 0 Å². The van der Waals surface area contributed by atoms with Crippen molar-refractivity contribution in [2.24, 2.45) is 0 Å². The molecule has 0 fully saturated rings. The first-order valence-electron chi connectivity index (χ1n) is 5.20. The summed E-state index contributed by atoms with van der Waals surface area (Å²) in [5, 5.41) is 0. The highest BCUT2D eigenvalue weighted by Gasteiger charge is 2.04. The molecule has 1 rings (SSSR count). The molecular weight excluding hydrogens is 220 g/mol. The first-order valence-corrected chi connectivity index (χ1v) is 5.20. The number of benzene rings is 1. The quantitative estimate of drug-likeness (QED) is 0.444. The average Bonchev–Trinajstić information content (AvgIpc) is 2.36. The van der Waals surface area contributed by atoms with E-state index in [0.29, 0.717) is 11.3 Å². The van der Waals surface area contributed by atoms with Gasteiger partial charge in [0.05, 0.1) is 13.7 Å². The van der Waals surface area contributed by atoms with Crippen LogP contribution in [0.5, 0.6) is 5.75 Å². The zero-order valence-corrected chi connectivity index (χ0v) is 9.80. The minimum absolute atomic E-state index is 0.267. The Bertz CT molecular complexity index is 435. The normalized spacial score (nSPS) is 10.2. The molecule has 0 N–H and O–H groups in total. The van der Waals surface area contributed by atoms with Crippen LogP contribution in [0, 0.1) is 0 Å². The predicted molar refractivity (Wildman–Crippen MR) is 63.1 cm³/mol. The highest BCUT2D eigenvalue weighted by molar-refractivity contribution is 6.07. The predicted octanol–water partition coefficient (Wildman–Crippen LogP) is 2.00. The summed E-state index contributed by atoms with van der Waals surface area (Å²) in [6, 6.07) is 6.72. The van der Waals surface area contributed by atoms with E-state index in [1.54, 1.807) is 31.2 Å². The van der Waals surface area contributed by atoms with E-state index in [-0.39, 0.29) is 12.4 Å². The van der Waals surface area contributed by atoms with E-state index in [1.807, 2.05) is 0 Å². The van der Waals surface area contributed by atoms with Crippen molar-refractivity contribution in [1.82, 2.24) is 0 Å². The van der Waals surface area contributed by atoms with Gasteiger partial charge in [0.25, 0.3) is 0 Å². The van der Waals surface area contributed by atoms with Crippen molar-refractivity contribution in [1.29, 1.82) is 0 Å². The standard InChI is InChI=1S/C13H14O4/c1-3-17-13(15)8-7-12(14)10-5-4-6-11(9-10)16-2/h4-9H,3H2,1-2H3/b8-7+. The van der Waals surface area contributed by atoms with Gasteiger partial charge >= 0.3 is 5.97 Å². The highest BCUT2D eigenvalue weighted by atomic mass is 16.5. The summed E-state index contributed by atoms with van der Waals surface area (Å²) in [7, 11) is 1.53. The summed E-state index contributed by atoms with van der Waals surface area (Å²) < 4.78 is 9.67. The van der Waals surface area contributed by atoms with Crippen LogP contribution < -0.4 is 4.74 Å². The first-order chi connectivity index (χ1) is 8.17. The third-order valence-electron chi connectivity index (χ3n) is 2.01. The Labute approximate surface area is 99.8 Å². The third kappa shape index (κ3) is 4.10. The summed E-state index contributed by atoms with van der Waals surface area (Å²) in [6.45, 7) is 1.99. The van der Waals surface area contributed by atoms with Crippen LogP contribution in [0.2, 0.25) is 0 Å². The minimum Gasteiger partial charge on any atom is -0.497 e. The number of hydrogen-bond donors (Lipinski definition) is 0. The molecule has 0 aromatic heterocycles. The number of ether oxygens (including phenoxy) is 2. The SMILES string of the molecule is CCOC(=O)/C=C/C(=O)c1cccc(OC)c1. The van der Waals surface area contributed by atoms with Crippen LogP contribution in [0.4, 0.5) is 0 Å². The Morgan fingerprint density at radius 3 is 2.71 bits per heavy atom. The minimum atomic E-state index is -0.524. The first kappa shape index (κ1) is 13.0. The molecule has 1 aromatic carbocycles. The Kier molecular flexibility index (Phi) is 4.94. The fraction of sp³-hybridized carbons (Fsp3) is 0.231. The molecule has 0 aliphatic rings. The summed E-state index contributed by atoms with van der Waals surface area (Å²) in [6.07, 6.45) is 2.30. The van der Waals surface area contributed by atoms with Crippen molar-refractivity contribution in [3.63, 3.8) is 0 Å². The molecule has 0 saturated carbocycles. The smallest absolute Gasteiger partial charge is 0.330 e. The van der Waals surface area contributed by atoms with Gasteiger partial charge in [0.2, 0.25) is 0 Å². The van der Waals surface area contributed by atoms with Gasteiger partial charge in [-0.05, 0) is 25.1 Å². The lowest BCUT2D eigenvalue weighted by Gasteiger charge is -2.00. The number of hydrogen-bond acceptors (Lipinski definition) is 4. The van der Waals surface area contributed by atoms with Crippen molar-refractivity contribution in [3.05, 3.63) is 42.0 Å². The van der Waals surface area contributed by atoms with Crippen LogP contribution >= 0.6 is 0 Å². The second-order valence-electron chi connectivity index (χ2n) is 3.18. The lowest BCUT2D eigenvalue weighted by Crippen LogP contribution is -2.01. The molecule has 0 atom stereocenters. The Balaban J connectivity index is 2.72. The number of ketones is 1. The van der Waals surface area contributed by atoms with Crippen molar-refractivity contribution in [2.75, 3.05) is 13.7 Å². The zero-order valence-electron chi connectivity index (χ0n) is 9.80. The van der Waals surface area contributed by atoms with Gasteiger partial charge in [-0.25, -0.2) is 4.79 Å². The summed E-state index contributed by atoms with van der Waals surface area (Å²) in [4.78, 5) is 22.7. The molecule has 4 heteroatoms. The Morgan fingerprint density at radius 1 is 1.29 bits per heavy atom. The summed E-state index contributed by atoms with van der Waals surface area (Å²) in [5.41, 5.74) is 0.463. The molecule has 0 bridgehead atoms. The van der Waals surface area contributed by atoms with Gasteiger partial charge in [-0.2, -0.15) is 0 Å². The van der Waals surface area contributed by atoms with Crippen LogP contribution in [-0.4, -0.2) is 25.5 Å². The van der Waals surface area contributed by atoms with Crippen molar-refractivity contribution in [2.45, 2.75) is 6.92 Å². The molecule has 0 heterocycles. The lowest BCUT2D eigenvalue weighted by atomic mass is 10.1. The maximum Gasteiger partial charge on any atom is 0.330 e. The number of esters is 1. The number of carbonyl (C=O) groups excluding carboxylic acids is 2. The number of carbonyl (C=O) groups is 2. The Hall–Kier alpha value is -2.10. The largest absolute Gasteiger partial charge is 0.497 e. The van der Waals surface area contributed by atoms with Gasteiger partial charge in [-0.3, -0.25) is 4.79 Å². The molecule has 0 spiro atoms. The van der Waals surface area contributed by atoms with Crippen molar-refractivity contribution >= 4 is 11.8 Å². The number of rotatable bonds is 5. The van der Waals surface area contributed by atoms with Crippen LogP contribution in [-0.2, 0) is 9.53 Å². The molecule has 0 amide bonds. The van der Waals surface area contributed by atoms with E-state index in [4.69, 9.17) is 4.74 Å². The van der Waals surface area contributed by atoms with Gasteiger partial charge in [0.1, 0.15) is 5.75 Å². The van der Waals surface area contributed by atoms with E-state index in [9.17, 15) is 9.59 Å². The number of allylic oxidation sites excluding steroid dienone is 1. The summed E-state index contributed by atoms with van der Waals surface area (Å²) in [5.74, 6) is -0.193. The monoisotopic (exact) mass is 234 g/mol. The van der Waals surface area contributed by atoms with Gasteiger partial charge in [-0.15, -0.1) is 0 Å². The van der Waals surface area contributed by atoms with Crippen molar-refractivity contribution < 1.29 is 19.1 Å². The Morgan fingerprint density at radius 2 is 2.06 bits per heavy atom. The summed E-state index contributed by atoms with van der Waals surface area (Å²) >= 11 is 0. The van der Waals surface area contributed by atoms with E-state index in [2.05, 4.69) is 4.74 Å². The van der Waals surface area contributed by atoms with Crippen molar-refractivity contribution in [3.8, 4) is 5.75 Å². The fourth-order valence-corrected chi connectivity index (χ4v) is 1.21. The molecule has 0 radical (unpaired) electrons. The molecular formula is C13H14O4. The fourth-order valence-electron chi connectivity index (χ4n) is 1.21. The molecule has 90 valence electrons. The molecule has 0 saturated heterocycles. The van der Waals surface area contributed by atoms with E-state index in [1.165, 1.54) is 13.2 Å². The van der Waals surface area contributed by atoms with E-state index >= 15 is 0 Å². The molecule has 4 nitrogen and oxygen atoms in total. The zero-order chi connectivity index (χ0) is 12.7. The lowest BCUT2D eigenvalue weighted by molar-refractivity contribution is -0.137. The van der Waals surface area contributed by atoms with E-state index in [0.717, 1.165) is 6.08 Å². The third-order valence-corrected chi connectivity index (χ3v) is 2.01. The second-order valence-corrected chi connectivity index (χ2v) is 3.18. The molecule has 0 aliphatic carbocycles.